The molecule has 0 aliphatic carbocycles. The first kappa shape index (κ1) is 20.8. The van der Waals surface area contributed by atoms with Gasteiger partial charge in [-0.3, -0.25) is 0 Å². The quantitative estimate of drug-likeness (QED) is 0.272. The van der Waals surface area contributed by atoms with Gasteiger partial charge in [0.1, 0.15) is 11.5 Å². The van der Waals surface area contributed by atoms with Gasteiger partial charge in [0.2, 0.25) is 0 Å². The maximum atomic E-state index is 10.4. The van der Waals surface area contributed by atoms with Gasteiger partial charge in [-0.05, 0) is 64.9 Å². The van der Waals surface area contributed by atoms with Gasteiger partial charge in [0.15, 0.2) is 0 Å². The van der Waals surface area contributed by atoms with Crippen LogP contribution in [0, 0.1) is 0 Å². The lowest BCUT2D eigenvalue weighted by Crippen LogP contribution is -1.96. The van der Waals surface area contributed by atoms with Crippen LogP contribution in [0.4, 0.5) is 0 Å². The number of aromatic amines is 1. The number of para-hydroxylation sites is 2. The van der Waals surface area contributed by atoms with Crippen LogP contribution < -0.4 is 0 Å². The molecular formula is C31H22N2O2. The average molecular weight is 455 g/mol. The minimum absolute atomic E-state index is 0.200. The zero-order valence-electron chi connectivity index (χ0n) is 18.8. The molecule has 0 amide bonds. The van der Waals surface area contributed by atoms with Crippen molar-refractivity contribution in [3.63, 3.8) is 0 Å². The normalized spacial score (nSPS) is 14.3. The van der Waals surface area contributed by atoms with E-state index in [0.29, 0.717) is 11.3 Å². The maximum absolute atomic E-state index is 10.4. The van der Waals surface area contributed by atoms with E-state index in [2.05, 4.69) is 35.3 Å². The van der Waals surface area contributed by atoms with E-state index in [1.54, 1.807) is 18.2 Å². The zero-order chi connectivity index (χ0) is 23.8. The summed E-state index contributed by atoms with van der Waals surface area (Å²) in [4.78, 5) is 8.44. The standard InChI is InChI=1S/C31H22N2O2/c34-29-14-5-3-11-23(29)25-16-18-27(32-25)31(22-13-7-9-20-8-1-2-10-21(20)22)28-19-17-26(33-28)24-12-4-6-15-30(24)35/h1-19,32,34-35H/b31-28-. The molecule has 2 heterocycles. The van der Waals surface area contributed by atoms with Crippen LogP contribution in [0.15, 0.2) is 126 Å². The van der Waals surface area contributed by atoms with E-state index in [1.807, 2.05) is 66.7 Å². The molecular weight excluding hydrogens is 432 g/mol. The molecule has 0 bridgehead atoms. The van der Waals surface area contributed by atoms with Crippen LogP contribution in [0.3, 0.4) is 0 Å². The van der Waals surface area contributed by atoms with Crippen molar-refractivity contribution in [2.24, 2.45) is 4.99 Å². The number of H-pyrrole nitrogens is 1. The van der Waals surface area contributed by atoms with Crippen molar-refractivity contribution < 1.29 is 10.2 Å². The number of aromatic nitrogens is 1. The first-order valence-electron chi connectivity index (χ1n) is 11.4. The van der Waals surface area contributed by atoms with E-state index in [4.69, 9.17) is 4.99 Å². The average Bonchev–Trinajstić information content (AvgIpc) is 3.56. The molecule has 0 spiro atoms. The van der Waals surface area contributed by atoms with Crippen molar-refractivity contribution in [2.45, 2.75) is 0 Å². The molecule has 0 radical (unpaired) electrons. The summed E-state index contributed by atoms with van der Waals surface area (Å²) < 4.78 is 0. The largest absolute Gasteiger partial charge is 0.507 e. The Labute approximate surface area is 202 Å². The third kappa shape index (κ3) is 3.71. The number of allylic oxidation sites excluding steroid dienone is 2. The van der Waals surface area contributed by atoms with Crippen LogP contribution in [-0.2, 0) is 0 Å². The molecule has 3 N–H and O–H groups in total. The summed E-state index contributed by atoms with van der Waals surface area (Å²) in [5, 5.41) is 23.0. The Morgan fingerprint density at radius 2 is 1.31 bits per heavy atom. The van der Waals surface area contributed by atoms with Crippen LogP contribution in [-0.4, -0.2) is 20.9 Å². The van der Waals surface area contributed by atoms with E-state index < -0.39 is 0 Å². The first-order chi connectivity index (χ1) is 17.2. The molecule has 1 aliphatic rings. The van der Waals surface area contributed by atoms with Gasteiger partial charge in [-0.15, -0.1) is 0 Å². The molecule has 0 atom stereocenters. The molecule has 4 nitrogen and oxygen atoms in total. The monoisotopic (exact) mass is 454 g/mol. The molecule has 1 aliphatic heterocycles. The Bertz CT molecular complexity index is 1670. The highest BCUT2D eigenvalue weighted by Gasteiger charge is 2.20. The predicted octanol–water partition coefficient (Wildman–Crippen LogP) is 7.06. The summed E-state index contributed by atoms with van der Waals surface area (Å²) in [5.41, 5.74) is 6.65. The van der Waals surface area contributed by atoms with E-state index in [1.165, 1.54) is 0 Å². The lowest BCUT2D eigenvalue weighted by Gasteiger charge is -2.12. The number of phenols is 2. The van der Waals surface area contributed by atoms with E-state index in [-0.39, 0.29) is 11.5 Å². The summed E-state index contributed by atoms with van der Waals surface area (Å²) in [6.07, 6.45) is 3.92. The minimum atomic E-state index is 0.200. The van der Waals surface area contributed by atoms with Crippen LogP contribution in [0.1, 0.15) is 16.8 Å². The van der Waals surface area contributed by atoms with Gasteiger partial charge in [0, 0.05) is 28.1 Å². The highest BCUT2D eigenvalue weighted by atomic mass is 16.3. The summed E-state index contributed by atoms with van der Waals surface area (Å²) in [6.45, 7) is 0. The molecule has 0 saturated heterocycles. The molecule has 4 heteroatoms. The van der Waals surface area contributed by atoms with Crippen LogP contribution in [0.5, 0.6) is 11.5 Å². The van der Waals surface area contributed by atoms with E-state index >= 15 is 0 Å². The number of fused-ring (bicyclic) bond motifs is 1. The number of phenolic OH excluding ortho intramolecular Hbond substituents is 2. The highest BCUT2D eigenvalue weighted by Crippen LogP contribution is 2.37. The number of rotatable bonds is 4. The molecule has 0 fully saturated rings. The number of nitrogens with one attached hydrogen (secondary N) is 1. The highest BCUT2D eigenvalue weighted by molar-refractivity contribution is 6.14. The lowest BCUT2D eigenvalue weighted by atomic mass is 9.95. The Balaban J connectivity index is 1.58. The molecule has 35 heavy (non-hydrogen) atoms. The lowest BCUT2D eigenvalue weighted by molar-refractivity contribution is 0.474. The number of aromatic hydroxyl groups is 2. The second-order valence-electron chi connectivity index (χ2n) is 8.44. The van der Waals surface area contributed by atoms with Crippen LogP contribution in [0.2, 0.25) is 0 Å². The third-order valence-corrected chi connectivity index (χ3v) is 6.28. The molecule has 4 aromatic carbocycles. The zero-order valence-corrected chi connectivity index (χ0v) is 18.8. The topological polar surface area (TPSA) is 68.6 Å². The van der Waals surface area contributed by atoms with Gasteiger partial charge in [-0.2, -0.15) is 0 Å². The number of aliphatic imine (C=N–C) groups is 1. The summed E-state index contributed by atoms with van der Waals surface area (Å²) in [7, 11) is 0. The SMILES string of the molecule is Oc1ccccc1C1=N/C(=C(\c2ccc(-c3ccccc3O)[nH]2)c2cccc3ccccc23)C=C1. The van der Waals surface area contributed by atoms with E-state index in [0.717, 1.165) is 44.6 Å². The minimum Gasteiger partial charge on any atom is -0.507 e. The molecule has 0 unspecified atom stereocenters. The molecule has 168 valence electrons. The van der Waals surface area contributed by atoms with E-state index in [9.17, 15) is 10.2 Å². The van der Waals surface area contributed by atoms with Crippen molar-refractivity contribution in [3.05, 3.63) is 138 Å². The molecule has 5 aromatic rings. The van der Waals surface area contributed by atoms with Crippen molar-refractivity contribution in [1.29, 1.82) is 0 Å². The second-order valence-corrected chi connectivity index (χ2v) is 8.44. The molecule has 1 aromatic heterocycles. The first-order valence-corrected chi connectivity index (χ1v) is 11.4. The Morgan fingerprint density at radius 1 is 0.629 bits per heavy atom. The van der Waals surface area contributed by atoms with Crippen LogP contribution in [0.25, 0.3) is 27.6 Å². The summed E-state index contributed by atoms with van der Waals surface area (Å²) in [6, 6.07) is 33.1. The molecule has 6 rings (SSSR count). The second kappa shape index (κ2) is 8.50. The Hall–Kier alpha value is -4.83. The summed E-state index contributed by atoms with van der Waals surface area (Å²) in [5.74, 6) is 0.423. The number of hydrogen-bond donors (Lipinski definition) is 3. The van der Waals surface area contributed by atoms with Gasteiger partial charge >= 0.3 is 0 Å². The number of benzene rings is 4. The van der Waals surface area contributed by atoms with Crippen LogP contribution >= 0.6 is 0 Å². The number of nitrogens with zero attached hydrogens (tertiary/aromatic N) is 1. The van der Waals surface area contributed by atoms with Gasteiger partial charge in [0.25, 0.3) is 0 Å². The van der Waals surface area contributed by atoms with Crippen molar-refractivity contribution in [2.75, 3.05) is 0 Å². The Morgan fingerprint density at radius 3 is 2.11 bits per heavy atom. The predicted molar refractivity (Wildman–Crippen MR) is 142 cm³/mol. The number of hydrogen-bond acceptors (Lipinski definition) is 3. The fraction of sp³-hybridized carbons (Fsp3) is 0. The van der Waals surface area contributed by atoms with Crippen molar-refractivity contribution in [1.82, 2.24) is 4.98 Å². The fourth-order valence-electron chi connectivity index (χ4n) is 4.61. The summed E-state index contributed by atoms with van der Waals surface area (Å²) >= 11 is 0. The third-order valence-electron chi connectivity index (χ3n) is 6.28. The van der Waals surface area contributed by atoms with Gasteiger partial charge < -0.3 is 15.2 Å². The maximum Gasteiger partial charge on any atom is 0.124 e. The fourth-order valence-corrected chi connectivity index (χ4v) is 4.61. The van der Waals surface area contributed by atoms with Crippen molar-refractivity contribution in [3.8, 4) is 22.8 Å². The van der Waals surface area contributed by atoms with Crippen molar-refractivity contribution >= 4 is 22.1 Å². The van der Waals surface area contributed by atoms with Gasteiger partial charge in [0.05, 0.1) is 11.4 Å². The van der Waals surface area contributed by atoms with Gasteiger partial charge in [-0.25, -0.2) is 4.99 Å². The Kier molecular flexibility index (Phi) is 5.04. The van der Waals surface area contributed by atoms with Gasteiger partial charge in [-0.1, -0.05) is 66.7 Å². The smallest absolute Gasteiger partial charge is 0.124 e. The molecule has 0 saturated carbocycles.